The molecule has 0 amide bonds. The molecule has 1 aliphatic rings. The van der Waals surface area contributed by atoms with Gasteiger partial charge in [0.15, 0.2) is 5.65 Å². The molecule has 28 heavy (non-hydrogen) atoms. The van der Waals surface area contributed by atoms with Crippen molar-refractivity contribution in [3.8, 4) is 0 Å². The highest BCUT2D eigenvalue weighted by atomic mass is 32.1. The van der Waals surface area contributed by atoms with Crippen molar-refractivity contribution in [2.45, 2.75) is 44.6 Å². The third-order valence-electron chi connectivity index (χ3n) is 5.33. The average Bonchev–Trinajstić information content (AvgIpc) is 3.44. The van der Waals surface area contributed by atoms with Crippen molar-refractivity contribution < 1.29 is 0 Å². The van der Waals surface area contributed by atoms with E-state index in [0.717, 1.165) is 52.5 Å². The van der Waals surface area contributed by atoms with Crippen molar-refractivity contribution in [1.82, 2.24) is 30.4 Å². The average molecular weight is 392 g/mol. The first kappa shape index (κ1) is 17.2. The number of aryl methyl sites for hydroxylation is 1. The lowest BCUT2D eigenvalue weighted by molar-refractivity contribution is 0.686. The predicted molar refractivity (Wildman–Crippen MR) is 110 cm³/mol. The van der Waals surface area contributed by atoms with Gasteiger partial charge in [-0.25, -0.2) is 9.97 Å². The van der Waals surface area contributed by atoms with Crippen LogP contribution >= 0.6 is 11.3 Å². The molecule has 3 aromatic heterocycles. The molecule has 5 rings (SSSR count). The first-order chi connectivity index (χ1) is 13.7. The molecule has 1 aromatic carbocycles. The molecule has 142 valence electrons. The number of nitrogens with one attached hydrogen (secondary N) is 2. The first-order valence-electron chi connectivity index (χ1n) is 9.53. The maximum Gasteiger partial charge on any atom is 0.160 e. The standard InChI is InChI=1S/C20H21N7S/c1-12-2-4-13(5-3-12)8-17-25-27-20(28-17)14-6-7-15(9-14)24-18-16-10-23-26-19(16)22-11-21-18/h2-5,10-11,14-15H,6-9H2,1H3,(H2,21,22,23,24,26)/t14-,15-/m0/s1. The van der Waals surface area contributed by atoms with Gasteiger partial charge in [-0.05, 0) is 31.7 Å². The molecule has 0 bridgehead atoms. The number of nitrogens with zero attached hydrogens (tertiary/aromatic N) is 5. The quantitative estimate of drug-likeness (QED) is 0.537. The zero-order valence-corrected chi connectivity index (χ0v) is 16.4. The fourth-order valence-electron chi connectivity index (χ4n) is 3.79. The number of hydrogen-bond acceptors (Lipinski definition) is 7. The molecular formula is C20H21N7S. The van der Waals surface area contributed by atoms with Crippen LogP contribution in [0.3, 0.4) is 0 Å². The Morgan fingerprint density at radius 3 is 2.93 bits per heavy atom. The Kier molecular flexibility index (Phi) is 4.48. The highest BCUT2D eigenvalue weighted by Crippen LogP contribution is 2.37. The van der Waals surface area contributed by atoms with Crippen molar-refractivity contribution in [2.75, 3.05) is 5.32 Å². The van der Waals surface area contributed by atoms with Crippen molar-refractivity contribution >= 4 is 28.2 Å². The third-order valence-corrected chi connectivity index (χ3v) is 6.41. The minimum atomic E-state index is 0.377. The normalized spacial score (nSPS) is 19.3. The Labute approximate surface area is 166 Å². The fourth-order valence-corrected chi connectivity index (χ4v) is 4.82. The summed E-state index contributed by atoms with van der Waals surface area (Å²) < 4.78 is 0. The Morgan fingerprint density at radius 2 is 2.04 bits per heavy atom. The van der Waals surface area contributed by atoms with Gasteiger partial charge in [-0.15, -0.1) is 21.5 Å². The number of aromatic amines is 1. The van der Waals surface area contributed by atoms with E-state index in [9.17, 15) is 0 Å². The Hall–Kier alpha value is -2.87. The van der Waals surface area contributed by atoms with E-state index in [2.05, 4.69) is 66.9 Å². The SMILES string of the molecule is Cc1ccc(Cc2nnc([C@H]3CC[C@H](Nc4ncnc5[nH]ncc45)C3)s2)cc1. The molecule has 0 radical (unpaired) electrons. The number of hydrogen-bond donors (Lipinski definition) is 2. The van der Waals surface area contributed by atoms with E-state index in [1.165, 1.54) is 11.1 Å². The molecule has 1 saturated carbocycles. The topological polar surface area (TPSA) is 92.3 Å². The zero-order valence-electron chi connectivity index (χ0n) is 15.6. The zero-order chi connectivity index (χ0) is 18.9. The number of H-pyrrole nitrogens is 1. The minimum absolute atomic E-state index is 0.377. The van der Waals surface area contributed by atoms with Gasteiger partial charge in [-0.1, -0.05) is 29.8 Å². The van der Waals surface area contributed by atoms with Crippen LogP contribution in [-0.4, -0.2) is 36.4 Å². The molecule has 1 aliphatic carbocycles. The van der Waals surface area contributed by atoms with Crippen LogP contribution in [0.2, 0.25) is 0 Å². The van der Waals surface area contributed by atoms with Crippen LogP contribution in [0.5, 0.6) is 0 Å². The fraction of sp³-hybridized carbons (Fsp3) is 0.350. The van der Waals surface area contributed by atoms with Gasteiger partial charge in [-0.3, -0.25) is 5.10 Å². The number of rotatable bonds is 5. The molecule has 0 saturated heterocycles. The van der Waals surface area contributed by atoms with Crippen molar-refractivity contribution in [1.29, 1.82) is 0 Å². The largest absolute Gasteiger partial charge is 0.367 e. The summed E-state index contributed by atoms with van der Waals surface area (Å²) in [7, 11) is 0. The second-order valence-corrected chi connectivity index (χ2v) is 8.50. The van der Waals surface area contributed by atoms with Crippen LogP contribution in [0.4, 0.5) is 5.82 Å². The van der Waals surface area contributed by atoms with E-state index in [1.54, 1.807) is 23.9 Å². The van der Waals surface area contributed by atoms with E-state index in [-0.39, 0.29) is 0 Å². The first-order valence-corrected chi connectivity index (χ1v) is 10.3. The highest BCUT2D eigenvalue weighted by molar-refractivity contribution is 7.11. The number of fused-ring (bicyclic) bond motifs is 1. The second kappa shape index (κ2) is 7.27. The maximum atomic E-state index is 4.50. The molecule has 0 unspecified atom stereocenters. The monoisotopic (exact) mass is 391 g/mol. The summed E-state index contributed by atoms with van der Waals surface area (Å²) in [5.74, 6) is 1.31. The molecule has 7 nitrogen and oxygen atoms in total. The Balaban J connectivity index is 1.24. The molecule has 2 N–H and O–H groups in total. The molecular weight excluding hydrogens is 370 g/mol. The number of benzene rings is 1. The van der Waals surface area contributed by atoms with Gasteiger partial charge in [0.1, 0.15) is 22.2 Å². The van der Waals surface area contributed by atoms with Crippen LogP contribution in [-0.2, 0) is 6.42 Å². The van der Waals surface area contributed by atoms with Crippen LogP contribution in [0, 0.1) is 6.92 Å². The predicted octanol–water partition coefficient (Wildman–Crippen LogP) is 3.85. The minimum Gasteiger partial charge on any atom is -0.367 e. The number of aromatic nitrogens is 6. The van der Waals surface area contributed by atoms with Crippen LogP contribution in [0.15, 0.2) is 36.8 Å². The lowest BCUT2D eigenvalue weighted by Gasteiger charge is -2.13. The summed E-state index contributed by atoms with van der Waals surface area (Å²) >= 11 is 1.75. The smallest absolute Gasteiger partial charge is 0.160 e. The molecule has 0 aliphatic heterocycles. The molecule has 2 atom stereocenters. The van der Waals surface area contributed by atoms with Crippen molar-refractivity contribution in [3.05, 3.63) is 57.9 Å². The Bertz CT molecular complexity index is 1090. The molecule has 8 heteroatoms. The van der Waals surface area contributed by atoms with E-state index in [1.807, 2.05) is 0 Å². The van der Waals surface area contributed by atoms with Crippen LogP contribution in [0.1, 0.15) is 46.3 Å². The van der Waals surface area contributed by atoms with Gasteiger partial charge in [-0.2, -0.15) is 5.10 Å². The van der Waals surface area contributed by atoms with Crippen LogP contribution in [0.25, 0.3) is 11.0 Å². The lowest BCUT2D eigenvalue weighted by Crippen LogP contribution is -2.16. The Morgan fingerprint density at radius 1 is 1.14 bits per heavy atom. The molecule has 3 heterocycles. The summed E-state index contributed by atoms with van der Waals surface area (Å²) in [6, 6.07) is 9.01. The molecule has 1 fully saturated rings. The van der Waals surface area contributed by atoms with Gasteiger partial charge < -0.3 is 5.32 Å². The van der Waals surface area contributed by atoms with Crippen LogP contribution < -0.4 is 5.32 Å². The third kappa shape index (κ3) is 3.47. The summed E-state index contributed by atoms with van der Waals surface area (Å²) in [5, 5.41) is 22.6. The highest BCUT2D eigenvalue weighted by Gasteiger charge is 2.29. The molecule has 4 aromatic rings. The summed E-state index contributed by atoms with van der Waals surface area (Å²) in [6.07, 6.45) is 7.45. The van der Waals surface area contributed by atoms with Crippen molar-refractivity contribution in [2.24, 2.45) is 0 Å². The second-order valence-electron chi connectivity index (χ2n) is 7.40. The molecule has 0 spiro atoms. The van der Waals surface area contributed by atoms with Gasteiger partial charge >= 0.3 is 0 Å². The van der Waals surface area contributed by atoms with Crippen molar-refractivity contribution in [3.63, 3.8) is 0 Å². The van der Waals surface area contributed by atoms with Gasteiger partial charge in [0.2, 0.25) is 0 Å². The van der Waals surface area contributed by atoms with E-state index < -0.39 is 0 Å². The van der Waals surface area contributed by atoms with Gasteiger partial charge in [0.25, 0.3) is 0 Å². The maximum absolute atomic E-state index is 4.50. The summed E-state index contributed by atoms with van der Waals surface area (Å²) in [4.78, 5) is 8.58. The summed E-state index contributed by atoms with van der Waals surface area (Å²) in [6.45, 7) is 2.11. The summed E-state index contributed by atoms with van der Waals surface area (Å²) in [5.41, 5.74) is 3.33. The van der Waals surface area contributed by atoms with E-state index in [0.29, 0.717) is 12.0 Å². The van der Waals surface area contributed by atoms with E-state index in [4.69, 9.17) is 0 Å². The van der Waals surface area contributed by atoms with Gasteiger partial charge in [0, 0.05) is 18.4 Å². The van der Waals surface area contributed by atoms with Gasteiger partial charge in [0.05, 0.1) is 11.6 Å². The van der Waals surface area contributed by atoms with E-state index >= 15 is 0 Å². The lowest BCUT2D eigenvalue weighted by atomic mass is 10.1. The number of anilines is 1.